The van der Waals surface area contributed by atoms with E-state index in [4.69, 9.17) is 0 Å². The van der Waals surface area contributed by atoms with Gasteiger partial charge in [-0.05, 0) is 6.07 Å². The third kappa shape index (κ3) is 0.881. The molecule has 0 spiro atoms. The Labute approximate surface area is 61.5 Å². The second-order valence-electron chi connectivity index (χ2n) is 2.03. The topological polar surface area (TPSA) is 56.0 Å². The second-order valence-corrected chi connectivity index (χ2v) is 2.03. The largest absolute Gasteiger partial charge is 0.411 e. The Morgan fingerprint density at radius 2 is 2.36 bits per heavy atom. The first kappa shape index (κ1) is 6.03. The van der Waals surface area contributed by atoms with Crippen LogP contribution in [0.1, 0.15) is 0 Å². The number of pyridine rings is 1. The number of rotatable bonds is 0. The Balaban J connectivity index is 3.03. The zero-order valence-corrected chi connectivity index (χ0v) is 5.52. The van der Waals surface area contributed by atoms with E-state index in [1.54, 1.807) is 12.3 Å². The first-order chi connectivity index (χ1) is 5.38. The predicted molar refractivity (Wildman–Crippen MR) is 38.1 cm³/mol. The summed E-state index contributed by atoms with van der Waals surface area (Å²) in [6.45, 7) is 0. The molecule has 0 unspecified atom stereocenters. The first-order valence-corrected chi connectivity index (χ1v) is 3.05. The van der Waals surface area contributed by atoms with E-state index in [2.05, 4.69) is 14.4 Å². The second kappa shape index (κ2) is 2.16. The van der Waals surface area contributed by atoms with Crippen LogP contribution < -0.4 is 5.63 Å². The normalized spacial score (nSPS) is 10.2. The van der Waals surface area contributed by atoms with Gasteiger partial charge in [0.2, 0.25) is 0 Å². The monoisotopic (exact) mass is 148 g/mol. The summed E-state index contributed by atoms with van der Waals surface area (Å²) in [5, 5.41) is 0.412. The van der Waals surface area contributed by atoms with Gasteiger partial charge in [0.25, 0.3) is 0 Å². The molecule has 4 heteroatoms. The van der Waals surface area contributed by atoms with E-state index in [1.807, 2.05) is 0 Å². The first-order valence-electron chi connectivity index (χ1n) is 3.05. The van der Waals surface area contributed by atoms with Gasteiger partial charge in [0, 0.05) is 12.4 Å². The van der Waals surface area contributed by atoms with Gasteiger partial charge in [-0.2, -0.15) is 0 Å². The van der Waals surface area contributed by atoms with Crippen molar-refractivity contribution in [3.05, 3.63) is 35.3 Å². The van der Waals surface area contributed by atoms with E-state index in [0.29, 0.717) is 10.9 Å². The third-order valence-electron chi connectivity index (χ3n) is 1.37. The van der Waals surface area contributed by atoms with E-state index in [1.165, 1.54) is 6.20 Å². The van der Waals surface area contributed by atoms with Crippen LogP contribution in [-0.4, -0.2) is 9.97 Å². The van der Waals surface area contributed by atoms with Gasteiger partial charge in [0.05, 0.1) is 5.52 Å². The molecule has 4 nitrogen and oxygen atoms in total. The highest BCUT2D eigenvalue weighted by Crippen LogP contribution is 2.00. The fourth-order valence-corrected chi connectivity index (χ4v) is 0.851. The molecule has 0 radical (unpaired) electrons. The summed E-state index contributed by atoms with van der Waals surface area (Å²) in [7, 11) is 0. The Kier molecular flexibility index (Phi) is 1.18. The molecule has 11 heavy (non-hydrogen) atoms. The van der Waals surface area contributed by atoms with Gasteiger partial charge < -0.3 is 4.42 Å². The van der Waals surface area contributed by atoms with Crippen molar-refractivity contribution >= 4 is 10.9 Å². The van der Waals surface area contributed by atoms with Crippen LogP contribution in [0.2, 0.25) is 0 Å². The predicted octanol–water partition coefficient (Wildman–Crippen LogP) is 0.583. The molecular weight excluding hydrogens is 144 g/mol. The van der Waals surface area contributed by atoms with Gasteiger partial charge in [-0.1, -0.05) is 0 Å². The summed E-state index contributed by atoms with van der Waals surface area (Å²) in [5.41, 5.74) is 0.208. The van der Waals surface area contributed by atoms with Gasteiger partial charge in [-0.3, -0.25) is 4.98 Å². The molecule has 2 heterocycles. The minimum atomic E-state index is -0.400. The average molecular weight is 148 g/mol. The Morgan fingerprint density at radius 3 is 3.18 bits per heavy atom. The minimum absolute atomic E-state index is 0.400. The number of aromatic nitrogens is 2. The highest BCUT2D eigenvalue weighted by molar-refractivity contribution is 5.74. The Bertz CT molecular complexity index is 430. The molecule has 0 aliphatic heterocycles. The van der Waals surface area contributed by atoms with Crippen LogP contribution in [0.4, 0.5) is 0 Å². The van der Waals surface area contributed by atoms with Crippen LogP contribution >= 0.6 is 0 Å². The van der Waals surface area contributed by atoms with Gasteiger partial charge in [0.15, 0.2) is 6.39 Å². The standard InChI is InChI=1S/C7H4N2O2/c10-7-5-3-8-2-1-6(5)9-4-11-7/h1-4H. The molecule has 0 aliphatic carbocycles. The van der Waals surface area contributed by atoms with Gasteiger partial charge in [-0.25, -0.2) is 9.78 Å². The molecule has 0 amide bonds. The lowest BCUT2D eigenvalue weighted by molar-refractivity contribution is 0.501. The van der Waals surface area contributed by atoms with Crippen molar-refractivity contribution < 1.29 is 4.42 Å². The van der Waals surface area contributed by atoms with Crippen LogP contribution in [-0.2, 0) is 0 Å². The third-order valence-corrected chi connectivity index (χ3v) is 1.37. The zero-order valence-electron chi connectivity index (χ0n) is 5.52. The SMILES string of the molecule is O=c1ocnc2ccncc12. The maximum atomic E-state index is 10.9. The van der Waals surface area contributed by atoms with E-state index in [9.17, 15) is 4.79 Å². The molecule has 0 N–H and O–H groups in total. The van der Waals surface area contributed by atoms with Gasteiger partial charge in [0.1, 0.15) is 5.39 Å². The summed E-state index contributed by atoms with van der Waals surface area (Å²) in [6, 6.07) is 1.66. The maximum absolute atomic E-state index is 10.9. The average Bonchev–Trinajstić information content (AvgIpc) is 2.06. The van der Waals surface area contributed by atoms with Crippen molar-refractivity contribution in [2.24, 2.45) is 0 Å². The zero-order chi connectivity index (χ0) is 7.68. The van der Waals surface area contributed by atoms with Gasteiger partial charge in [-0.15, -0.1) is 0 Å². The number of fused-ring (bicyclic) bond motifs is 1. The van der Waals surface area contributed by atoms with Crippen LogP contribution in [0, 0.1) is 0 Å². The molecule has 2 rings (SSSR count). The summed E-state index contributed by atoms with van der Waals surface area (Å²) < 4.78 is 4.53. The lowest BCUT2D eigenvalue weighted by Gasteiger charge is -1.89. The fourth-order valence-electron chi connectivity index (χ4n) is 0.851. The van der Waals surface area contributed by atoms with E-state index < -0.39 is 5.63 Å². The molecule has 2 aromatic heterocycles. The Morgan fingerprint density at radius 1 is 1.45 bits per heavy atom. The smallest absolute Gasteiger partial charge is 0.348 e. The highest BCUT2D eigenvalue weighted by atomic mass is 16.4. The van der Waals surface area contributed by atoms with E-state index in [0.717, 1.165) is 6.39 Å². The molecule has 0 saturated heterocycles. The van der Waals surface area contributed by atoms with Crippen molar-refractivity contribution in [3.8, 4) is 0 Å². The molecule has 0 aromatic carbocycles. The number of hydrogen-bond acceptors (Lipinski definition) is 4. The van der Waals surface area contributed by atoms with Crippen molar-refractivity contribution in [2.45, 2.75) is 0 Å². The number of nitrogens with zero attached hydrogens (tertiary/aromatic N) is 2. The van der Waals surface area contributed by atoms with Crippen LogP contribution in [0.5, 0.6) is 0 Å². The molecule has 0 bridgehead atoms. The molecule has 0 aliphatic rings. The lowest BCUT2D eigenvalue weighted by atomic mass is 10.3. The lowest BCUT2D eigenvalue weighted by Crippen LogP contribution is -1.99. The van der Waals surface area contributed by atoms with Gasteiger partial charge >= 0.3 is 5.63 Å². The fraction of sp³-hybridized carbons (Fsp3) is 0. The Hall–Kier alpha value is -1.71. The van der Waals surface area contributed by atoms with Crippen molar-refractivity contribution in [3.63, 3.8) is 0 Å². The molecule has 2 aromatic rings. The van der Waals surface area contributed by atoms with Crippen LogP contribution in [0.25, 0.3) is 10.9 Å². The quantitative estimate of drug-likeness (QED) is 0.548. The summed E-state index contributed by atoms with van der Waals surface area (Å²) >= 11 is 0. The van der Waals surface area contributed by atoms with Crippen molar-refractivity contribution in [1.82, 2.24) is 9.97 Å². The number of hydrogen-bond donors (Lipinski definition) is 0. The summed E-state index contributed by atoms with van der Waals surface area (Å²) in [6.07, 6.45) is 4.15. The molecule has 0 fully saturated rings. The van der Waals surface area contributed by atoms with Crippen LogP contribution in [0.3, 0.4) is 0 Å². The highest BCUT2D eigenvalue weighted by Gasteiger charge is 1.97. The van der Waals surface area contributed by atoms with E-state index in [-0.39, 0.29) is 0 Å². The molecular formula is C7H4N2O2. The maximum Gasteiger partial charge on any atom is 0.348 e. The molecule has 0 saturated carbocycles. The molecule has 54 valence electrons. The van der Waals surface area contributed by atoms with E-state index >= 15 is 0 Å². The van der Waals surface area contributed by atoms with Crippen molar-refractivity contribution in [1.29, 1.82) is 0 Å². The van der Waals surface area contributed by atoms with Crippen molar-refractivity contribution in [2.75, 3.05) is 0 Å². The molecule has 0 atom stereocenters. The summed E-state index contributed by atoms with van der Waals surface area (Å²) in [4.78, 5) is 18.5. The minimum Gasteiger partial charge on any atom is -0.411 e. The summed E-state index contributed by atoms with van der Waals surface area (Å²) in [5.74, 6) is 0. The van der Waals surface area contributed by atoms with Crippen LogP contribution in [0.15, 0.2) is 34.1 Å².